The van der Waals surface area contributed by atoms with Crippen LogP contribution in [0.3, 0.4) is 0 Å². The molecule has 2 N–H and O–H groups in total. The van der Waals surface area contributed by atoms with Gasteiger partial charge in [-0.15, -0.1) is 0 Å². The minimum Gasteiger partial charge on any atom is -0.496 e. The number of hydrogen-bond acceptors (Lipinski definition) is 2. The van der Waals surface area contributed by atoms with Gasteiger partial charge in [-0.1, -0.05) is 15.9 Å². The standard InChI is InChI=1S/C14H17BrN2O/c1-10(16)13-4-3-7-17(13)9-11-8-12(15)5-6-14(11)18-2/h3-8,10H,9,16H2,1-2H3. The lowest BCUT2D eigenvalue weighted by molar-refractivity contribution is 0.408. The third-order valence-corrected chi connectivity index (χ3v) is 3.41. The molecule has 96 valence electrons. The number of hydrogen-bond donors (Lipinski definition) is 1. The molecule has 0 saturated carbocycles. The van der Waals surface area contributed by atoms with E-state index in [1.807, 2.05) is 31.3 Å². The van der Waals surface area contributed by atoms with Crippen LogP contribution in [0.1, 0.15) is 24.2 Å². The van der Waals surface area contributed by atoms with E-state index in [0.29, 0.717) is 0 Å². The summed E-state index contributed by atoms with van der Waals surface area (Å²) in [6.07, 6.45) is 2.04. The molecule has 18 heavy (non-hydrogen) atoms. The number of halogens is 1. The molecule has 0 fully saturated rings. The largest absolute Gasteiger partial charge is 0.496 e. The van der Waals surface area contributed by atoms with Crippen LogP contribution in [0.15, 0.2) is 41.0 Å². The van der Waals surface area contributed by atoms with Crippen LogP contribution in [0.2, 0.25) is 0 Å². The fourth-order valence-electron chi connectivity index (χ4n) is 2.04. The van der Waals surface area contributed by atoms with E-state index in [9.17, 15) is 0 Å². The highest BCUT2D eigenvalue weighted by molar-refractivity contribution is 9.10. The Bertz CT molecular complexity index is 534. The molecule has 0 aliphatic carbocycles. The molecular weight excluding hydrogens is 292 g/mol. The second-order valence-corrected chi connectivity index (χ2v) is 5.22. The van der Waals surface area contributed by atoms with Crippen molar-refractivity contribution in [2.24, 2.45) is 5.73 Å². The van der Waals surface area contributed by atoms with Gasteiger partial charge in [0.25, 0.3) is 0 Å². The summed E-state index contributed by atoms with van der Waals surface area (Å²) in [6, 6.07) is 10.1. The van der Waals surface area contributed by atoms with Crippen LogP contribution < -0.4 is 10.5 Å². The summed E-state index contributed by atoms with van der Waals surface area (Å²) < 4.78 is 8.58. The molecule has 0 saturated heterocycles. The smallest absolute Gasteiger partial charge is 0.123 e. The molecule has 1 aromatic heterocycles. The number of nitrogens with two attached hydrogens (primary N) is 1. The van der Waals surface area contributed by atoms with Crippen molar-refractivity contribution in [2.75, 3.05) is 7.11 Å². The maximum Gasteiger partial charge on any atom is 0.123 e. The molecule has 2 rings (SSSR count). The van der Waals surface area contributed by atoms with Gasteiger partial charge in [0.05, 0.1) is 13.7 Å². The van der Waals surface area contributed by atoms with Crippen LogP contribution in [-0.2, 0) is 6.54 Å². The van der Waals surface area contributed by atoms with Crippen molar-refractivity contribution in [3.8, 4) is 5.75 Å². The first-order valence-corrected chi connectivity index (χ1v) is 6.64. The van der Waals surface area contributed by atoms with Crippen LogP contribution in [0.4, 0.5) is 0 Å². The second-order valence-electron chi connectivity index (χ2n) is 4.31. The Balaban J connectivity index is 2.33. The van der Waals surface area contributed by atoms with E-state index >= 15 is 0 Å². The van der Waals surface area contributed by atoms with Gasteiger partial charge in [0.1, 0.15) is 5.75 Å². The Kier molecular flexibility index (Phi) is 4.09. The molecule has 1 aromatic carbocycles. The fraction of sp³-hybridized carbons (Fsp3) is 0.286. The Morgan fingerprint density at radius 3 is 2.83 bits per heavy atom. The SMILES string of the molecule is COc1ccc(Br)cc1Cn1cccc1C(C)N. The molecule has 0 bridgehead atoms. The average Bonchev–Trinajstić information content (AvgIpc) is 2.77. The number of rotatable bonds is 4. The second kappa shape index (κ2) is 5.59. The average molecular weight is 309 g/mol. The minimum atomic E-state index is 0.0261. The van der Waals surface area contributed by atoms with E-state index in [0.717, 1.165) is 28.0 Å². The van der Waals surface area contributed by atoms with E-state index in [1.54, 1.807) is 7.11 Å². The lowest BCUT2D eigenvalue weighted by atomic mass is 10.2. The van der Waals surface area contributed by atoms with Gasteiger partial charge < -0.3 is 15.0 Å². The maximum absolute atomic E-state index is 5.95. The Labute approximate surface area is 116 Å². The Morgan fingerprint density at radius 2 is 2.17 bits per heavy atom. The molecule has 0 radical (unpaired) electrons. The third-order valence-electron chi connectivity index (χ3n) is 2.91. The van der Waals surface area contributed by atoms with Gasteiger partial charge in [0.15, 0.2) is 0 Å². The van der Waals surface area contributed by atoms with Crippen molar-refractivity contribution in [1.82, 2.24) is 4.57 Å². The van der Waals surface area contributed by atoms with Gasteiger partial charge in [-0.3, -0.25) is 0 Å². The zero-order valence-electron chi connectivity index (χ0n) is 10.6. The van der Waals surface area contributed by atoms with Crippen LogP contribution in [0, 0.1) is 0 Å². The van der Waals surface area contributed by atoms with Gasteiger partial charge >= 0.3 is 0 Å². The quantitative estimate of drug-likeness (QED) is 0.941. The van der Waals surface area contributed by atoms with Gasteiger partial charge in [-0.25, -0.2) is 0 Å². The zero-order valence-corrected chi connectivity index (χ0v) is 12.1. The molecule has 1 unspecified atom stereocenters. The zero-order chi connectivity index (χ0) is 13.1. The summed E-state index contributed by atoms with van der Waals surface area (Å²) in [5, 5.41) is 0. The molecule has 0 aliphatic heterocycles. The molecule has 0 amide bonds. The van der Waals surface area contributed by atoms with Crippen molar-refractivity contribution in [3.63, 3.8) is 0 Å². The molecule has 1 heterocycles. The number of benzene rings is 1. The summed E-state index contributed by atoms with van der Waals surface area (Å²) in [4.78, 5) is 0. The minimum absolute atomic E-state index is 0.0261. The maximum atomic E-state index is 5.95. The topological polar surface area (TPSA) is 40.2 Å². The van der Waals surface area contributed by atoms with Crippen LogP contribution in [0.25, 0.3) is 0 Å². The highest BCUT2D eigenvalue weighted by Gasteiger charge is 2.09. The first-order valence-electron chi connectivity index (χ1n) is 5.85. The molecule has 3 nitrogen and oxygen atoms in total. The van der Waals surface area contributed by atoms with E-state index < -0.39 is 0 Å². The number of ether oxygens (including phenoxy) is 1. The lowest BCUT2D eigenvalue weighted by Gasteiger charge is -2.14. The lowest BCUT2D eigenvalue weighted by Crippen LogP contribution is -2.12. The van der Waals surface area contributed by atoms with Crippen molar-refractivity contribution in [2.45, 2.75) is 19.5 Å². The van der Waals surface area contributed by atoms with Crippen molar-refractivity contribution >= 4 is 15.9 Å². The summed E-state index contributed by atoms with van der Waals surface area (Å²) in [5.41, 5.74) is 8.20. The van der Waals surface area contributed by atoms with E-state index in [2.05, 4.69) is 32.6 Å². The Hall–Kier alpha value is -1.26. The van der Waals surface area contributed by atoms with Gasteiger partial charge in [0, 0.05) is 28.0 Å². The number of methoxy groups -OCH3 is 1. The fourth-order valence-corrected chi connectivity index (χ4v) is 2.45. The summed E-state index contributed by atoms with van der Waals surface area (Å²) in [7, 11) is 1.69. The molecular formula is C14H17BrN2O. The summed E-state index contributed by atoms with van der Waals surface area (Å²) >= 11 is 3.49. The first kappa shape index (κ1) is 13.2. The van der Waals surface area contributed by atoms with Crippen LogP contribution in [0.5, 0.6) is 5.75 Å². The molecule has 2 aromatic rings. The van der Waals surface area contributed by atoms with Gasteiger partial charge in [-0.05, 0) is 37.3 Å². The van der Waals surface area contributed by atoms with Crippen LogP contribution in [-0.4, -0.2) is 11.7 Å². The molecule has 0 aliphatic rings. The Morgan fingerprint density at radius 1 is 1.39 bits per heavy atom. The van der Waals surface area contributed by atoms with Crippen molar-refractivity contribution in [3.05, 3.63) is 52.3 Å². The molecule has 0 spiro atoms. The molecule has 4 heteroatoms. The summed E-state index contributed by atoms with van der Waals surface area (Å²) in [5.74, 6) is 0.891. The monoisotopic (exact) mass is 308 g/mol. The normalized spacial score (nSPS) is 12.4. The predicted molar refractivity (Wildman–Crippen MR) is 76.8 cm³/mol. The van der Waals surface area contributed by atoms with Gasteiger partial charge in [0.2, 0.25) is 0 Å². The highest BCUT2D eigenvalue weighted by Crippen LogP contribution is 2.25. The number of nitrogens with zero attached hydrogens (tertiary/aromatic N) is 1. The van der Waals surface area contributed by atoms with E-state index in [-0.39, 0.29) is 6.04 Å². The first-order chi connectivity index (χ1) is 8.61. The molecule has 1 atom stereocenters. The number of aromatic nitrogens is 1. The third kappa shape index (κ3) is 2.76. The highest BCUT2D eigenvalue weighted by atomic mass is 79.9. The van der Waals surface area contributed by atoms with Crippen LogP contribution >= 0.6 is 15.9 Å². The van der Waals surface area contributed by atoms with E-state index in [4.69, 9.17) is 10.5 Å². The van der Waals surface area contributed by atoms with Crippen molar-refractivity contribution < 1.29 is 4.74 Å². The summed E-state index contributed by atoms with van der Waals surface area (Å²) in [6.45, 7) is 2.75. The predicted octanol–water partition coefficient (Wildman–Crippen LogP) is 3.33. The van der Waals surface area contributed by atoms with E-state index in [1.165, 1.54) is 0 Å². The van der Waals surface area contributed by atoms with Gasteiger partial charge in [-0.2, -0.15) is 0 Å². The van der Waals surface area contributed by atoms with Crippen molar-refractivity contribution in [1.29, 1.82) is 0 Å².